The van der Waals surface area contributed by atoms with Crippen molar-refractivity contribution < 1.29 is 17.6 Å². The molecule has 0 fully saturated rings. The molecule has 7 nitrogen and oxygen atoms in total. The molecule has 170 valence electrons. The maximum Gasteiger partial charge on any atom is 0.261 e. The molecule has 0 bridgehead atoms. The summed E-state index contributed by atoms with van der Waals surface area (Å²) in [6.45, 7) is 0.216. The van der Waals surface area contributed by atoms with E-state index in [1.54, 1.807) is 65.8 Å². The van der Waals surface area contributed by atoms with E-state index in [4.69, 9.17) is 4.42 Å². The molecule has 0 aliphatic rings. The summed E-state index contributed by atoms with van der Waals surface area (Å²) in [6, 6.07) is 25.7. The van der Waals surface area contributed by atoms with Gasteiger partial charge in [0.05, 0.1) is 27.9 Å². The predicted octanol–water partition coefficient (Wildman–Crippen LogP) is 5.54. The molecular formula is C25H19N3O4S2. The molecule has 5 aromatic rings. The van der Waals surface area contributed by atoms with Crippen LogP contribution in [0.15, 0.2) is 107 Å². The number of aromatic nitrogens is 1. The minimum atomic E-state index is -3.72. The van der Waals surface area contributed by atoms with Crippen molar-refractivity contribution in [2.75, 3.05) is 9.62 Å². The van der Waals surface area contributed by atoms with E-state index in [0.29, 0.717) is 22.1 Å². The normalized spacial score (nSPS) is 11.4. The minimum absolute atomic E-state index is 0.163. The molecule has 0 saturated heterocycles. The Morgan fingerprint density at radius 3 is 2.35 bits per heavy atom. The molecule has 1 amide bonds. The van der Waals surface area contributed by atoms with Crippen molar-refractivity contribution >= 4 is 48.3 Å². The summed E-state index contributed by atoms with van der Waals surface area (Å²) < 4.78 is 34.1. The highest BCUT2D eigenvalue weighted by Crippen LogP contribution is 2.31. The van der Waals surface area contributed by atoms with Gasteiger partial charge in [0, 0.05) is 11.3 Å². The number of sulfonamides is 1. The molecule has 0 atom stereocenters. The maximum atomic E-state index is 13.5. The Bertz CT molecular complexity index is 1500. The van der Waals surface area contributed by atoms with Crippen LogP contribution in [0.4, 0.5) is 10.8 Å². The zero-order valence-corrected chi connectivity index (χ0v) is 19.4. The standard InChI is InChI=1S/C25H19N3O4S2/c29-24(18-12-14-19(15-13-18)27-34(30,31)21-8-2-1-3-9-21)28(17-20-7-6-16-32-20)25-26-22-10-4-5-11-23(22)33-25/h1-16,27H,17H2. The van der Waals surface area contributed by atoms with Gasteiger partial charge in [-0.05, 0) is 60.7 Å². The third kappa shape index (κ3) is 4.57. The summed E-state index contributed by atoms with van der Waals surface area (Å²) in [5, 5.41) is 0.552. The largest absolute Gasteiger partial charge is 0.467 e. The van der Waals surface area contributed by atoms with Crippen molar-refractivity contribution in [2.24, 2.45) is 0 Å². The van der Waals surface area contributed by atoms with E-state index >= 15 is 0 Å². The summed E-state index contributed by atoms with van der Waals surface area (Å²) in [5.41, 5.74) is 1.57. The third-order valence-electron chi connectivity index (χ3n) is 5.09. The number of para-hydroxylation sites is 1. The number of hydrogen-bond donors (Lipinski definition) is 1. The fourth-order valence-electron chi connectivity index (χ4n) is 3.41. The minimum Gasteiger partial charge on any atom is -0.467 e. The van der Waals surface area contributed by atoms with Crippen molar-refractivity contribution in [1.82, 2.24) is 4.98 Å². The first kappa shape index (κ1) is 21.9. The van der Waals surface area contributed by atoms with Crippen LogP contribution in [0.25, 0.3) is 10.2 Å². The highest BCUT2D eigenvalue weighted by molar-refractivity contribution is 7.92. The number of benzene rings is 3. The van der Waals surface area contributed by atoms with Gasteiger partial charge in [0.2, 0.25) is 0 Å². The number of anilines is 2. The SMILES string of the molecule is O=C(c1ccc(NS(=O)(=O)c2ccccc2)cc1)N(Cc1ccco1)c1nc2ccccc2s1. The average molecular weight is 490 g/mol. The Labute approximate surface area is 200 Å². The summed E-state index contributed by atoms with van der Waals surface area (Å²) in [7, 11) is -3.72. The molecule has 0 radical (unpaired) electrons. The lowest BCUT2D eigenvalue weighted by atomic mass is 10.2. The molecule has 5 rings (SSSR count). The third-order valence-corrected chi connectivity index (χ3v) is 7.55. The van der Waals surface area contributed by atoms with Crippen molar-refractivity contribution in [1.29, 1.82) is 0 Å². The topological polar surface area (TPSA) is 92.5 Å². The van der Waals surface area contributed by atoms with E-state index in [-0.39, 0.29) is 17.3 Å². The van der Waals surface area contributed by atoms with E-state index in [2.05, 4.69) is 9.71 Å². The molecule has 2 aromatic heterocycles. The van der Waals surface area contributed by atoms with Crippen molar-refractivity contribution in [3.63, 3.8) is 0 Å². The van der Waals surface area contributed by atoms with Gasteiger partial charge in [0.1, 0.15) is 5.76 Å². The van der Waals surface area contributed by atoms with Gasteiger partial charge in [-0.1, -0.05) is 41.7 Å². The average Bonchev–Trinajstić information content (AvgIpc) is 3.52. The van der Waals surface area contributed by atoms with E-state index in [1.165, 1.54) is 23.5 Å². The molecule has 0 spiro atoms. The Hall–Kier alpha value is -3.95. The van der Waals surface area contributed by atoms with Crippen molar-refractivity contribution in [2.45, 2.75) is 11.4 Å². The van der Waals surface area contributed by atoms with Gasteiger partial charge in [-0.25, -0.2) is 13.4 Å². The molecule has 1 N–H and O–H groups in total. The molecule has 34 heavy (non-hydrogen) atoms. The lowest BCUT2D eigenvalue weighted by molar-refractivity contribution is 0.0983. The molecule has 0 aliphatic heterocycles. The Balaban J connectivity index is 1.42. The van der Waals surface area contributed by atoms with Crippen LogP contribution in [-0.4, -0.2) is 19.3 Å². The lowest BCUT2D eigenvalue weighted by Crippen LogP contribution is -2.30. The zero-order valence-electron chi connectivity index (χ0n) is 17.8. The molecule has 2 heterocycles. The zero-order chi connectivity index (χ0) is 23.5. The Kier molecular flexibility index (Phi) is 5.87. The van der Waals surface area contributed by atoms with Gasteiger partial charge in [-0.2, -0.15) is 0 Å². The number of nitrogens with one attached hydrogen (secondary N) is 1. The van der Waals surface area contributed by atoms with Crippen LogP contribution in [0.3, 0.4) is 0 Å². The van der Waals surface area contributed by atoms with E-state index in [1.807, 2.05) is 24.3 Å². The Morgan fingerprint density at radius 2 is 1.65 bits per heavy atom. The monoisotopic (exact) mass is 489 g/mol. The molecule has 0 unspecified atom stereocenters. The Morgan fingerprint density at radius 1 is 0.912 bits per heavy atom. The van der Waals surface area contributed by atoms with Crippen LogP contribution >= 0.6 is 11.3 Å². The van der Waals surface area contributed by atoms with Crippen LogP contribution in [0, 0.1) is 0 Å². The van der Waals surface area contributed by atoms with Crippen LogP contribution in [0.1, 0.15) is 16.1 Å². The fourth-order valence-corrected chi connectivity index (χ4v) is 5.45. The maximum absolute atomic E-state index is 13.5. The first-order valence-corrected chi connectivity index (χ1v) is 12.7. The second-order valence-corrected chi connectivity index (χ2v) is 10.1. The number of carbonyl (C=O) groups excluding carboxylic acids is 1. The number of rotatable bonds is 7. The van der Waals surface area contributed by atoms with Gasteiger partial charge in [0.25, 0.3) is 15.9 Å². The fraction of sp³-hybridized carbons (Fsp3) is 0.0400. The molecule has 9 heteroatoms. The number of fused-ring (bicyclic) bond motifs is 1. The van der Waals surface area contributed by atoms with Crippen LogP contribution < -0.4 is 9.62 Å². The van der Waals surface area contributed by atoms with Gasteiger partial charge in [0.15, 0.2) is 5.13 Å². The predicted molar refractivity (Wildman–Crippen MR) is 133 cm³/mol. The number of nitrogens with zero attached hydrogens (tertiary/aromatic N) is 2. The second kappa shape index (κ2) is 9.12. The molecule has 0 saturated carbocycles. The first-order valence-electron chi connectivity index (χ1n) is 10.4. The van der Waals surface area contributed by atoms with Gasteiger partial charge in [-0.15, -0.1) is 0 Å². The van der Waals surface area contributed by atoms with Gasteiger partial charge < -0.3 is 4.42 Å². The summed E-state index contributed by atoms with van der Waals surface area (Å²) >= 11 is 1.42. The quantitative estimate of drug-likeness (QED) is 0.324. The van der Waals surface area contributed by atoms with Gasteiger partial charge in [-0.3, -0.25) is 14.4 Å². The number of carbonyl (C=O) groups is 1. The van der Waals surface area contributed by atoms with Crippen molar-refractivity contribution in [3.05, 3.63) is 109 Å². The van der Waals surface area contributed by atoms with E-state index < -0.39 is 10.0 Å². The molecule has 3 aromatic carbocycles. The summed E-state index contributed by atoms with van der Waals surface area (Å²) in [4.78, 5) is 19.8. The first-order chi connectivity index (χ1) is 16.5. The molecule has 0 aliphatic carbocycles. The number of amides is 1. The van der Waals surface area contributed by atoms with Crippen molar-refractivity contribution in [3.8, 4) is 0 Å². The van der Waals surface area contributed by atoms with E-state index in [0.717, 1.165) is 10.2 Å². The lowest BCUT2D eigenvalue weighted by Gasteiger charge is -2.19. The molecular weight excluding hydrogens is 470 g/mol. The highest BCUT2D eigenvalue weighted by atomic mass is 32.2. The van der Waals surface area contributed by atoms with Crippen LogP contribution in [0.5, 0.6) is 0 Å². The summed E-state index contributed by atoms with van der Waals surface area (Å²) in [5.74, 6) is 0.354. The number of thiazole rings is 1. The summed E-state index contributed by atoms with van der Waals surface area (Å²) in [6.07, 6.45) is 1.56. The second-order valence-electron chi connectivity index (χ2n) is 7.43. The highest BCUT2D eigenvalue weighted by Gasteiger charge is 2.23. The van der Waals surface area contributed by atoms with Crippen LogP contribution in [-0.2, 0) is 16.6 Å². The smallest absolute Gasteiger partial charge is 0.261 e. The van der Waals surface area contributed by atoms with E-state index in [9.17, 15) is 13.2 Å². The number of furan rings is 1. The number of hydrogen-bond acceptors (Lipinski definition) is 6. The van der Waals surface area contributed by atoms with Crippen LogP contribution in [0.2, 0.25) is 0 Å². The van der Waals surface area contributed by atoms with Gasteiger partial charge >= 0.3 is 0 Å².